The molecule has 2 heterocycles. The molecule has 11 heteroatoms. The summed E-state index contributed by atoms with van der Waals surface area (Å²) in [6.07, 6.45) is 3.31. The number of ether oxygens (including phenoxy) is 3. The molecule has 0 saturated carbocycles. The Hall–Kier alpha value is -1.56. The van der Waals surface area contributed by atoms with Crippen molar-refractivity contribution >= 4 is 29.7 Å². The van der Waals surface area contributed by atoms with E-state index in [0.717, 1.165) is 25.0 Å². The van der Waals surface area contributed by atoms with Crippen molar-refractivity contribution in [1.29, 1.82) is 0 Å². The average molecular weight is 448 g/mol. The van der Waals surface area contributed by atoms with Crippen LogP contribution < -0.4 is 16.0 Å². The van der Waals surface area contributed by atoms with Gasteiger partial charge in [-0.25, -0.2) is 4.79 Å². The molecule has 10 nitrogen and oxygen atoms in total. The lowest BCUT2D eigenvalue weighted by Gasteiger charge is -2.16. The van der Waals surface area contributed by atoms with Crippen LogP contribution in [0.3, 0.4) is 0 Å². The topological polar surface area (TPSA) is 135 Å². The van der Waals surface area contributed by atoms with Crippen LogP contribution in [-0.2, 0) is 23.8 Å². The van der Waals surface area contributed by atoms with Gasteiger partial charge in [-0.1, -0.05) is 6.42 Å². The number of carboxylic acids is 1. The Kier molecular flexibility index (Phi) is 11.9. The van der Waals surface area contributed by atoms with Crippen LogP contribution in [0, 0.1) is 0 Å². The molecule has 30 heavy (non-hydrogen) atoms. The van der Waals surface area contributed by atoms with E-state index in [-0.39, 0.29) is 37.0 Å². The monoisotopic (exact) mass is 447 g/mol. The first-order valence-electron chi connectivity index (χ1n) is 10.5. The van der Waals surface area contributed by atoms with Gasteiger partial charge in [0.05, 0.1) is 58.1 Å². The van der Waals surface area contributed by atoms with Gasteiger partial charge in [-0.15, -0.1) is 0 Å². The van der Waals surface area contributed by atoms with Gasteiger partial charge in [0.1, 0.15) is 0 Å². The first-order chi connectivity index (χ1) is 14.6. The molecule has 2 aliphatic heterocycles. The fourth-order valence-electron chi connectivity index (χ4n) is 3.33. The molecule has 172 valence electrons. The third-order valence-electron chi connectivity index (χ3n) is 4.85. The van der Waals surface area contributed by atoms with E-state index < -0.39 is 5.97 Å². The second-order valence-electron chi connectivity index (χ2n) is 7.20. The predicted octanol–water partition coefficient (Wildman–Crippen LogP) is 0.353. The minimum absolute atomic E-state index is 0.00728. The Labute approximate surface area is 181 Å². The van der Waals surface area contributed by atoms with Crippen LogP contribution in [0.2, 0.25) is 0 Å². The van der Waals surface area contributed by atoms with Crippen LogP contribution in [0.1, 0.15) is 32.1 Å². The lowest BCUT2D eigenvalue weighted by atomic mass is 10.0. The summed E-state index contributed by atoms with van der Waals surface area (Å²) in [5.74, 6) is 0.108. The number of amides is 3. The molecule has 0 aromatic carbocycles. The molecule has 4 N–H and O–H groups in total. The zero-order valence-corrected chi connectivity index (χ0v) is 18.0. The smallest absolute Gasteiger partial charge is 0.315 e. The van der Waals surface area contributed by atoms with Crippen LogP contribution in [0.25, 0.3) is 0 Å². The largest absolute Gasteiger partial charge is 0.481 e. The number of fused-ring (bicyclic) bond motifs is 1. The summed E-state index contributed by atoms with van der Waals surface area (Å²) >= 11 is 1.89. The standard InChI is InChI=1S/C19H33N3O7S/c23-16(4-2-1-3-15-18-14(13-30-15)21-19(26)22-18)20-6-8-28-10-12-29-11-9-27-7-5-17(24)25/h14-15,18H,1-13H2,(H,20,23)(H,24,25)(H2,21,22,26)/t14-,15+,18+/m1/s1. The van der Waals surface area contributed by atoms with E-state index in [1.807, 2.05) is 11.8 Å². The number of urea groups is 1. The first kappa shape index (κ1) is 24.7. The van der Waals surface area contributed by atoms with Gasteiger partial charge in [-0.2, -0.15) is 11.8 Å². The number of carbonyl (C=O) groups is 3. The number of carbonyl (C=O) groups excluding carboxylic acids is 2. The maximum Gasteiger partial charge on any atom is 0.315 e. The van der Waals surface area contributed by atoms with Crippen LogP contribution in [0.15, 0.2) is 0 Å². The van der Waals surface area contributed by atoms with E-state index in [1.165, 1.54) is 0 Å². The molecule has 0 radical (unpaired) electrons. The number of hydrogen-bond donors (Lipinski definition) is 4. The molecule has 0 aromatic heterocycles. The SMILES string of the molecule is O=C(O)CCOCCOCCOCCNC(=O)CCCC[C@@H]1SC[C@H]2NC(=O)N[C@H]12. The summed E-state index contributed by atoms with van der Waals surface area (Å²) in [4.78, 5) is 33.5. The van der Waals surface area contributed by atoms with Crippen molar-refractivity contribution in [2.45, 2.75) is 49.4 Å². The molecule has 0 bridgehead atoms. The van der Waals surface area contributed by atoms with Crippen molar-refractivity contribution < 1.29 is 33.7 Å². The minimum atomic E-state index is -0.879. The molecule has 0 unspecified atom stereocenters. The van der Waals surface area contributed by atoms with Crippen molar-refractivity contribution in [3.8, 4) is 0 Å². The van der Waals surface area contributed by atoms with E-state index in [2.05, 4.69) is 16.0 Å². The van der Waals surface area contributed by atoms with Crippen molar-refractivity contribution in [2.24, 2.45) is 0 Å². The van der Waals surface area contributed by atoms with E-state index in [1.54, 1.807) is 0 Å². The number of rotatable bonds is 17. The highest BCUT2D eigenvalue weighted by molar-refractivity contribution is 8.00. The van der Waals surface area contributed by atoms with E-state index in [4.69, 9.17) is 19.3 Å². The summed E-state index contributed by atoms with van der Waals surface area (Å²) in [7, 11) is 0. The number of carboxylic acid groups (broad SMARTS) is 1. The molecule has 2 fully saturated rings. The molecule has 0 aliphatic carbocycles. The fraction of sp³-hybridized carbons (Fsp3) is 0.842. The number of aliphatic carboxylic acids is 1. The zero-order chi connectivity index (χ0) is 21.6. The van der Waals surface area contributed by atoms with Gasteiger partial charge in [0, 0.05) is 24.0 Å². The maximum absolute atomic E-state index is 11.9. The van der Waals surface area contributed by atoms with Crippen molar-refractivity contribution in [3.63, 3.8) is 0 Å². The van der Waals surface area contributed by atoms with Crippen molar-refractivity contribution in [3.05, 3.63) is 0 Å². The summed E-state index contributed by atoms with van der Waals surface area (Å²) in [6, 6.07) is 0.408. The number of nitrogens with one attached hydrogen (secondary N) is 3. The molecule has 2 rings (SSSR count). The quantitative estimate of drug-likeness (QED) is 0.185. The Morgan fingerprint density at radius 1 is 1.00 bits per heavy atom. The van der Waals surface area contributed by atoms with Crippen molar-refractivity contribution in [1.82, 2.24) is 16.0 Å². The Balaban J connectivity index is 1.32. The molecule has 2 saturated heterocycles. The lowest BCUT2D eigenvalue weighted by Crippen LogP contribution is -2.36. The highest BCUT2D eigenvalue weighted by Gasteiger charge is 2.42. The molecule has 3 atom stereocenters. The molecule has 2 aliphatic rings. The third-order valence-corrected chi connectivity index (χ3v) is 6.36. The molecular formula is C19H33N3O7S. The van der Waals surface area contributed by atoms with E-state index in [0.29, 0.717) is 51.2 Å². The van der Waals surface area contributed by atoms with Gasteiger partial charge in [0.25, 0.3) is 0 Å². The molecule has 0 spiro atoms. The predicted molar refractivity (Wildman–Crippen MR) is 112 cm³/mol. The zero-order valence-electron chi connectivity index (χ0n) is 17.2. The third kappa shape index (κ3) is 9.96. The summed E-state index contributed by atoms with van der Waals surface area (Å²) < 4.78 is 15.8. The molecule has 0 aromatic rings. The fourth-order valence-corrected chi connectivity index (χ4v) is 4.87. The van der Waals surface area contributed by atoms with Gasteiger partial charge in [-0.3, -0.25) is 9.59 Å². The maximum atomic E-state index is 11.9. The first-order valence-corrected chi connectivity index (χ1v) is 11.5. The lowest BCUT2D eigenvalue weighted by molar-refractivity contribution is -0.138. The Bertz CT molecular complexity index is 552. The van der Waals surface area contributed by atoms with Gasteiger partial charge < -0.3 is 35.3 Å². The molecular weight excluding hydrogens is 414 g/mol. The van der Waals surface area contributed by atoms with Crippen LogP contribution in [0.5, 0.6) is 0 Å². The van der Waals surface area contributed by atoms with Gasteiger partial charge >= 0.3 is 12.0 Å². The number of unbranched alkanes of at least 4 members (excludes halogenated alkanes) is 1. The highest BCUT2D eigenvalue weighted by atomic mass is 32.2. The number of thioether (sulfide) groups is 1. The van der Waals surface area contributed by atoms with Crippen LogP contribution >= 0.6 is 11.8 Å². The Morgan fingerprint density at radius 3 is 2.43 bits per heavy atom. The van der Waals surface area contributed by atoms with E-state index in [9.17, 15) is 14.4 Å². The van der Waals surface area contributed by atoms with Gasteiger partial charge in [-0.05, 0) is 12.8 Å². The van der Waals surface area contributed by atoms with Crippen molar-refractivity contribution in [2.75, 3.05) is 51.9 Å². The second-order valence-corrected chi connectivity index (χ2v) is 8.47. The summed E-state index contributed by atoms with van der Waals surface area (Å²) in [5.41, 5.74) is 0. The second kappa shape index (κ2) is 14.4. The van der Waals surface area contributed by atoms with Gasteiger partial charge in [0.2, 0.25) is 5.91 Å². The average Bonchev–Trinajstić information content (AvgIpc) is 3.25. The van der Waals surface area contributed by atoms with Crippen LogP contribution in [0.4, 0.5) is 4.79 Å². The minimum Gasteiger partial charge on any atom is -0.481 e. The Morgan fingerprint density at radius 2 is 1.70 bits per heavy atom. The summed E-state index contributed by atoms with van der Waals surface area (Å²) in [6.45, 7) is 2.69. The highest BCUT2D eigenvalue weighted by Crippen LogP contribution is 2.33. The van der Waals surface area contributed by atoms with Gasteiger partial charge in [0.15, 0.2) is 0 Å². The number of hydrogen-bond acceptors (Lipinski definition) is 7. The van der Waals surface area contributed by atoms with Crippen LogP contribution in [-0.4, -0.2) is 92.3 Å². The van der Waals surface area contributed by atoms with E-state index >= 15 is 0 Å². The summed E-state index contributed by atoms with van der Waals surface area (Å²) in [5, 5.41) is 17.6. The normalized spacial score (nSPS) is 22.4. The molecule has 3 amide bonds.